The third kappa shape index (κ3) is 3.77. The van der Waals surface area contributed by atoms with Crippen LogP contribution in [-0.2, 0) is 6.67 Å². The molecule has 0 aliphatic carbocycles. The van der Waals surface area contributed by atoms with Crippen LogP contribution in [0.1, 0.15) is 19.8 Å². The highest BCUT2D eigenvalue weighted by atomic mass is 16.6. The number of likely N-dealkylation sites (tertiary alicyclic amines) is 1. The van der Waals surface area contributed by atoms with Gasteiger partial charge in [0, 0.05) is 30.8 Å². The fraction of sp³-hybridized carbons (Fsp3) is 0.500. The first-order valence-electron chi connectivity index (χ1n) is 8.07. The summed E-state index contributed by atoms with van der Waals surface area (Å²) in [5.41, 5.74) is 0.666. The number of aliphatic hydroxyl groups excluding tert-OH is 1. The Bertz CT molecular complexity index is 707. The van der Waals surface area contributed by atoms with Gasteiger partial charge in [-0.05, 0) is 25.7 Å². The number of aliphatic hydroxyl groups is 1. The highest BCUT2D eigenvalue weighted by molar-refractivity contribution is 5.58. The molecule has 1 saturated heterocycles. The van der Waals surface area contributed by atoms with Crippen LogP contribution in [0.2, 0.25) is 0 Å². The average molecular weight is 331 g/mol. The van der Waals surface area contributed by atoms with Crippen LogP contribution in [0.25, 0.3) is 11.4 Å². The van der Waals surface area contributed by atoms with Crippen LogP contribution in [0.3, 0.4) is 0 Å². The van der Waals surface area contributed by atoms with Crippen LogP contribution in [0.5, 0.6) is 0 Å². The summed E-state index contributed by atoms with van der Waals surface area (Å²) in [5.74, 6) is 0.856. The molecule has 8 heteroatoms. The number of nitro groups is 1. The topological polar surface area (TPSA) is 97.3 Å². The number of nitrogens with zero attached hydrogens (tertiary/aromatic N) is 5. The van der Waals surface area contributed by atoms with E-state index < -0.39 is 4.92 Å². The summed E-state index contributed by atoms with van der Waals surface area (Å²) in [7, 11) is 0. The van der Waals surface area contributed by atoms with Gasteiger partial charge in [0.2, 0.25) is 0 Å². The Morgan fingerprint density at radius 2 is 2.17 bits per heavy atom. The van der Waals surface area contributed by atoms with Crippen molar-refractivity contribution in [3.05, 3.63) is 40.7 Å². The van der Waals surface area contributed by atoms with Gasteiger partial charge >= 0.3 is 0 Å². The molecule has 3 rings (SSSR count). The van der Waals surface area contributed by atoms with E-state index in [0.29, 0.717) is 24.0 Å². The third-order valence-corrected chi connectivity index (χ3v) is 4.51. The molecule has 1 unspecified atom stereocenters. The van der Waals surface area contributed by atoms with Gasteiger partial charge in [-0.25, -0.2) is 9.67 Å². The van der Waals surface area contributed by atoms with Crippen molar-refractivity contribution in [2.24, 2.45) is 5.92 Å². The van der Waals surface area contributed by atoms with E-state index in [4.69, 9.17) is 0 Å². The van der Waals surface area contributed by atoms with Crippen molar-refractivity contribution < 1.29 is 10.0 Å². The minimum absolute atomic E-state index is 0.0315. The number of nitro benzene ring substituents is 1. The first-order valence-corrected chi connectivity index (χ1v) is 8.07. The van der Waals surface area contributed by atoms with E-state index in [-0.39, 0.29) is 11.8 Å². The summed E-state index contributed by atoms with van der Waals surface area (Å²) in [6.07, 6.45) is 3.35. The van der Waals surface area contributed by atoms with E-state index in [2.05, 4.69) is 15.0 Å². The Hall–Kier alpha value is -2.32. The van der Waals surface area contributed by atoms with E-state index in [1.807, 2.05) is 6.92 Å². The number of hydrogen-bond acceptors (Lipinski definition) is 6. The van der Waals surface area contributed by atoms with Gasteiger partial charge in [-0.3, -0.25) is 15.0 Å². The molecule has 1 aromatic heterocycles. The second-order valence-corrected chi connectivity index (χ2v) is 6.25. The third-order valence-electron chi connectivity index (χ3n) is 4.51. The predicted molar refractivity (Wildman–Crippen MR) is 88.1 cm³/mol. The lowest BCUT2D eigenvalue weighted by molar-refractivity contribution is -0.384. The fourth-order valence-electron chi connectivity index (χ4n) is 3.04. The summed E-state index contributed by atoms with van der Waals surface area (Å²) >= 11 is 0. The van der Waals surface area contributed by atoms with Crippen molar-refractivity contribution in [3.8, 4) is 11.4 Å². The Balaban J connectivity index is 1.64. The number of hydrogen-bond donors (Lipinski definition) is 1. The number of piperidine rings is 1. The van der Waals surface area contributed by atoms with Gasteiger partial charge in [-0.15, -0.1) is 5.10 Å². The molecule has 24 heavy (non-hydrogen) atoms. The molecule has 1 aliphatic heterocycles. The quantitative estimate of drug-likeness (QED) is 0.664. The van der Waals surface area contributed by atoms with Crippen molar-refractivity contribution in [1.82, 2.24) is 19.7 Å². The molecule has 1 fully saturated rings. The smallest absolute Gasteiger partial charge is 0.270 e. The van der Waals surface area contributed by atoms with E-state index >= 15 is 0 Å². The molecule has 1 atom stereocenters. The SMILES string of the molecule is CC(O)C1CCN(Cn2cnc(-c3cccc([N+](=O)[O-])c3)n2)CC1. The molecule has 1 aliphatic rings. The molecular formula is C16H21N5O3. The summed E-state index contributed by atoms with van der Waals surface area (Å²) < 4.78 is 1.75. The van der Waals surface area contributed by atoms with E-state index in [9.17, 15) is 15.2 Å². The first-order chi connectivity index (χ1) is 11.5. The lowest BCUT2D eigenvalue weighted by Gasteiger charge is -2.32. The van der Waals surface area contributed by atoms with Crippen molar-refractivity contribution in [2.45, 2.75) is 32.5 Å². The second-order valence-electron chi connectivity index (χ2n) is 6.25. The normalized spacial score (nSPS) is 17.8. The first kappa shape index (κ1) is 16.5. The van der Waals surface area contributed by atoms with Gasteiger partial charge in [0.05, 0.1) is 17.7 Å². The summed E-state index contributed by atoms with van der Waals surface area (Å²) in [5, 5.41) is 24.9. The largest absolute Gasteiger partial charge is 0.393 e. The van der Waals surface area contributed by atoms with Crippen molar-refractivity contribution in [3.63, 3.8) is 0 Å². The van der Waals surface area contributed by atoms with Gasteiger partial charge in [0.25, 0.3) is 5.69 Å². The maximum atomic E-state index is 10.9. The van der Waals surface area contributed by atoms with Crippen molar-refractivity contribution in [1.29, 1.82) is 0 Å². The molecule has 0 bridgehead atoms. The standard InChI is InChI=1S/C16H21N5O3/c1-12(22)13-5-7-19(8-6-13)11-20-10-17-16(18-20)14-3-2-4-15(9-14)21(23)24/h2-4,9-10,12-13,22H,5-8,11H2,1H3. The van der Waals surface area contributed by atoms with Crippen molar-refractivity contribution >= 4 is 5.69 Å². The molecule has 8 nitrogen and oxygen atoms in total. The molecule has 0 radical (unpaired) electrons. The number of rotatable bonds is 5. The van der Waals surface area contributed by atoms with E-state index in [1.54, 1.807) is 23.1 Å². The Morgan fingerprint density at radius 1 is 1.42 bits per heavy atom. The van der Waals surface area contributed by atoms with Gasteiger partial charge < -0.3 is 5.11 Å². The monoisotopic (exact) mass is 331 g/mol. The molecule has 0 spiro atoms. The summed E-state index contributed by atoms with van der Waals surface area (Å²) in [6.45, 7) is 4.32. The Labute approximate surface area is 139 Å². The number of non-ortho nitro benzene ring substituents is 1. The molecule has 2 heterocycles. The predicted octanol–water partition coefficient (Wildman–Crippen LogP) is 1.90. The zero-order valence-corrected chi connectivity index (χ0v) is 13.6. The highest BCUT2D eigenvalue weighted by Crippen LogP contribution is 2.22. The Morgan fingerprint density at radius 3 is 2.83 bits per heavy atom. The van der Waals surface area contributed by atoms with E-state index in [1.165, 1.54) is 12.1 Å². The van der Waals surface area contributed by atoms with Gasteiger partial charge in [-0.1, -0.05) is 12.1 Å². The van der Waals surface area contributed by atoms with Crippen LogP contribution in [0, 0.1) is 16.0 Å². The fourth-order valence-corrected chi connectivity index (χ4v) is 3.04. The van der Waals surface area contributed by atoms with E-state index in [0.717, 1.165) is 25.9 Å². The molecule has 128 valence electrons. The Kier molecular flexibility index (Phi) is 4.86. The minimum Gasteiger partial charge on any atom is -0.393 e. The molecular weight excluding hydrogens is 310 g/mol. The summed E-state index contributed by atoms with van der Waals surface area (Å²) in [4.78, 5) is 17.0. The zero-order chi connectivity index (χ0) is 17.1. The van der Waals surface area contributed by atoms with Crippen LogP contribution < -0.4 is 0 Å². The van der Waals surface area contributed by atoms with Crippen LogP contribution in [0.15, 0.2) is 30.6 Å². The number of benzene rings is 1. The van der Waals surface area contributed by atoms with Gasteiger partial charge in [0.1, 0.15) is 6.33 Å². The maximum absolute atomic E-state index is 10.9. The lowest BCUT2D eigenvalue weighted by Crippen LogP contribution is -2.38. The van der Waals surface area contributed by atoms with Crippen LogP contribution >= 0.6 is 0 Å². The molecule has 2 aromatic rings. The van der Waals surface area contributed by atoms with Crippen molar-refractivity contribution in [2.75, 3.05) is 13.1 Å². The molecule has 1 N–H and O–H groups in total. The molecule has 1 aromatic carbocycles. The number of aromatic nitrogens is 3. The summed E-state index contributed by atoms with van der Waals surface area (Å²) in [6, 6.07) is 6.33. The lowest BCUT2D eigenvalue weighted by atomic mass is 9.92. The molecule has 0 saturated carbocycles. The maximum Gasteiger partial charge on any atom is 0.270 e. The van der Waals surface area contributed by atoms with Crippen LogP contribution in [0.4, 0.5) is 5.69 Å². The average Bonchev–Trinajstić information content (AvgIpc) is 3.04. The zero-order valence-electron chi connectivity index (χ0n) is 13.6. The van der Waals surface area contributed by atoms with Crippen LogP contribution in [-0.4, -0.2) is 48.9 Å². The van der Waals surface area contributed by atoms with Gasteiger partial charge in [-0.2, -0.15) is 0 Å². The minimum atomic E-state index is -0.424. The van der Waals surface area contributed by atoms with Gasteiger partial charge in [0.15, 0.2) is 5.82 Å². The molecule has 0 amide bonds. The highest BCUT2D eigenvalue weighted by Gasteiger charge is 2.22. The second kappa shape index (κ2) is 7.06.